The van der Waals surface area contributed by atoms with Crippen molar-refractivity contribution >= 4 is 40.7 Å². The van der Waals surface area contributed by atoms with E-state index in [-0.39, 0.29) is 47.8 Å². The Morgan fingerprint density at radius 1 is 1.10 bits per heavy atom. The number of ether oxygens (including phenoxy) is 1. The SMILES string of the molecule is CC[C@H](C)[C@H](NC(=O)[C@H]1CCCCN1C)C(=O)N(C)[C@H](C[C@@H](OC)c1nc(C(=O)N[C@@H](Cc2ccc(N)cc2)C[C@H](C)C(=O)O)cs1)C(C)C. The van der Waals surface area contributed by atoms with Crippen molar-refractivity contribution in [3.05, 3.63) is 45.9 Å². The summed E-state index contributed by atoms with van der Waals surface area (Å²) in [6, 6.07) is 5.71. The number of aromatic nitrogens is 1. The van der Waals surface area contributed by atoms with Crippen LogP contribution in [-0.2, 0) is 25.5 Å². The van der Waals surface area contributed by atoms with Gasteiger partial charge in [-0.2, -0.15) is 0 Å². The summed E-state index contributed by atoms with van der Waals surface area (Å²) in [7, 11) is 5.33. The number of anilines is 1. The maximum absolute atomic E-state index is 14.1. The smallest absolute Gasteiger partial charge is 0.306 e. The number of likely N-dealkylation sites (N-methyl/N-ethyl adjacent to an activating group) is 2. The van der Waals surface area contributed by atoms with Crippen molar-refractivity contribution in [2.75, 3.05) is 33.5 Å². The van der Waals surface area contributed by atoms with Crippen molar-refractivity contribution in [1.29, 1.82) is 0 Å². The molecule has 0 aliphatic carbocycles. The van der Waals surface area contributed by atoms with Gasteiger partial charge < -0.3 is 31.1 Å². The number of amides is 3. The molecule has 1 aromatic carbocycles. The van der Waals surface area contributed by atoms with Gasteiger partial charge in [0.15, 0.2) is 0 Å². The topological polar surface area (TPSA) is 167 Å². The highest BCUT2D eigenvalue weighted by Gasteiger charge is 2.37. The van der Waals surface area contributed by atoms with Crippen molar-refractivity contribution in [3.8, 4) is 0 Å². The van der Waals surface area contributed by atoms with E-state index in [1.165, 1.54) is 11.3 Å². The third kappa shape index (κ3) is 11.2. The zero-order valence-corrected chi connectivity index (χ0v) is 31.8. The second kappa shape index (κ2) is 19.2. The molecule has 1 aromatic heterocycles. The van der Waals surface area contributed by atoms with Gasteiger partial charge in [0.25, 0.3) is 5.91 Å². The molecule has 0 bridgehead atoms. The van der Waals surface area contributed by atoms with E-state index in [0.29, 0.717) is 23.5 Å². The van der Waals surface area contributed by atoms with Crippen LogP contribution in [0.25, 0.3) is 0 Å². The molecular formula is C37H58N6O6S. The summed E-state index contributed by atoms with van der Waals surface area (Å²) < 4.78 is 5.90. The summed E-state index contributed by atoms with van der Waals surface area (Å²) in [6.07, 6.45) is 4.20. The van der Waals surface area contributed by atoms with Gasteiger partial charge >= 0.3 is 5.97 Å². The van der Waals surface area contributed by atoms with Crippen LogP contribution in [0, 0.1) is 17.8 Å². The van der Waals surface area contributed by atoms with Crippen LogP contribution in [0.15, 0.2) is 29.6 Å². The standard InChI is InChI=1S/C37H58N6O6S/c1-9-23(4)32(41-34(45)29-12-10-11-17-42(29)6)36(46)43(7)30(22(2)3)20-31(49-8)35-40-28(21-50-35)33(44)39-27(18-24(5)37(47)48)19-25-13-15-26(38)16-14-25/h13-16,21-24,27,29-32H,9-12,17-20,38H2,1-8H3,(H,39,44)(H,41,45)(H,47,48)/t23-,24-,27+,29+,30+,31+,32-/m0/s1. The summed E-state index contributed by atoms with van der Waals surface area (Å²) >= 11 is 1.31. The van der Waals surface area contributed by atoms with Crippen LogP contribution >= 0.6 is 11.3 Å². The highest BCUT2D eigenvalue weighted by molar-refractivity contribution is 7.09. The first-order chi connectivity index (χ1) is 23.7. The fourth-order valence-corrected chi connectivity index (χ4v) is 7.46. The third-order valence-electron chi connectivity index (χ3n) is 10.1. The lowest BCUT2D eigenvalue weighted by molar-refractivity contribution is -0.141. The molecule has 2 aromatic rings. The molecule has 3 amide bonds. The summed E-state index contributed by atoms with van der Waals surface area (Å²) in [4.78, 5) is 61.0. The molecule has 50 heavy (non-hydrogen) atoms. The van der Waals surface area contributed by atoms with E-state index in [2.05, 4.69) is 34.4 Å². The number of carboxylic acid groups (broad SMARTS) is 1. The molecule has 5 N–H and O–H groups in total. The summed E-state index contributed by atoms with van der Waals surface area (Å²) in [6.45, 7) is 10.6. The number of piperidine rings is 1. The van der Waals surface area contributed by atoms with Crippen LogP contribution in [0.2, 0.25) is 0 Å². The molecule has 0 saturated carbocycles. The molecular weight excluding hydrogens is 657 g/mol. The molecule has 0 spiro atoms. The molecule has 1 saturated heterocycles. The highest BCUT2D eigenvalue weighted by Crippen LogP contribution is 2.30. The van der Waals surface area contributed by atoms with E-state index in [9.17, 15) is 24.3 Å². The van der Waals surface area contributed by atoms with Gasteiger partial charge in [0.2, 0.25) is 11.8 Å². The second-order valence-corrected chi connectivity index (χ2v) is 15.1. The van der Waals surface area contributed by atoms with E-state index in [1.807, 2.05) is 33.0 Å². The van der Waals surface area contributed by atoms with E-state index >= 15 is 0 Å². The maximum atomic E-state index is 14.1. The van der Waals surface area contributed by atoms with Crippen LogP contribution in [0.1, 0.15) is 100 Å². The molecule has 0 radical (unpaired) electrons. The Labute approximate surface area is 301 Å². The number of nitrogens with two attached hydrogens (primary N) is 1. The molecule has 3 rings (SSSR count). The number of carbonyl (C=O) groups is 4. The van der Waals surface area contributed by atoms with Crippen molar-refractivity contribution in [3.63, 3.8) is 0 Å². The Kier molecular flexibility index (Phi) is 15.7. The number of methoxy groups -OCH3 is 1. The van der Waals surface area contributed by atoms with Crippen molar-refractivity contribution in [2.24, 2.45) is 17.8 Å². The van der Waals surface area contributed by atoms with Crippen molar-refractivity contribution in [2.45, 2.75) is 110 Å². The minimum Gasteiger partial charge on any atom is -0.481 e. The zero-order valence-electron chi connectivity index (χ0n) is 31.0. The monoisotopic (exact) mass is 714 g/mol. The molecule has 1 aliphatic rings. The summed E-state index contributed by atoms with van der Waals surface area (Å²) in [5, 5.41) is 17.9. The van der Waals surface area contributed by atoms with E-state index < -0.39 is 36.0 Å². The van der Waals surface area contributed by atoms with Gasteiger partial charge in [-0.15, -0.1) is 11.3 Å². The van der Waals surface area contributed by atoms with Crippen LogP contribution in [-0.4, -0.2) is 95.5 Å². The lowest BCUT2D eigenvalue weighted by atomic mass is 9.92. The fourth-order valence-electron chi connectivity index (χ4n) is 6.57. The van der Waals surface area contributed by atoms with Crippen molar-refractivity contribution in [1.82, 2.24) is 25.4 Å². The first-order valence-corrected chi connectivity index (χ1v) is 18.7. The van der Waals surface area contributed by atoms with Gasteiger partial charge in [0.05, 0.1) is 12.0 Å². The second-order valence-electron chi connectivity index (χ2n) is 14.2. The minimum atomic E-state index is -0.932. The zero-order chi connectivity index (χ0) is 37.1. The van der Waals surface area contributed by atoms with Crippen LogP contribution in [0.5, 0.6) is 0 Å². The number of carbonyl (C=O) groups excluding carboxylic acids is 3. The first kappa shape index (κ1) is 40.9. The number of nitrogen functional groups attached to an aromatic ring is 1. The normalized spacial score (nSPS) is 18.8. The largest absolute Gasteiger partial charge is 0.481 e. The molecule has 278 valence electrons. The number of hydrogen-bond acceptors (Lipinski definition) is 9. The number of rotatable bonds is 18. The number of nitrogens with zero attached hydrogens (tertiary/aromatic N) is 3. The Bertz CT molecular complexity index is 1420. The van der Waals surface area contributed by atoms with Gasteiger partial charge in [-0.3, -0.25) is 24.1 Å². The number of likely N-dealkylation sites (tertiary alicyclic amines) is 1. The van der Waals surface area contributed by atoms with Gasteiger partial charge in [0.1, 0.15) is 22.8 Å². The Balaban J connectivity index is 1.75. The molecule has 2 heterocycles. The molecule has 13 heteroatoms. The van der Waals surface area contributed by atoms with Gasteiger partial charge in [-0.25, -0.2) is 4.98 Å². The summed E-state index contributed by atoms with van der Waals surface area (Å²) in [5.41, 5.74) is 7.59. The quantitative estimate of drug-likeness (QED) is 0.159. The molecule has 1 fully saturated rings. The molecule has 0 unspecified atom stereocenters. The predicted molar refractivity (Wildman–Crippen MR) is 197 cm³/mol. The average molecular weight is 715 g/mol. The van der Waals surface area contributed by atoms with Gasteiger partial charge in [-0.1, -0.05) is 59.6 Å². The van der Waals surface area contributed by atoms with E-state index in [4.69, 9.17) is 10.5 Å². The number of carboxylic acids is 1. The average Bonchev–Trinajstić information content (AvgIpc) is 3.58. The minimum absolute atomic E-state index is 0.0591. The number of thiazole rings is 1. The number of benzene rings is 1. The fraction of sp³-hybridized carbons (Fsp3) is 0.649. The van der Waals surface area contributed by atoms with E-state index in [0.717, 1.165) is 37.8 Å². The molecule has 7 atom stereocenters. The van der Waals surface area contributed by atoms with E-state index in [1.54, 1.807) is 43.5 Å². The van der Waals surface area contributed by atoms with Crippen LogP contribution in [0.4, 0.5) is 5.69 Å². The Morgan fingerprint density at radius 2 is 1.78 bits per heavy atom. The predicted octanol–water partition coefficient (Wildman–Crippen LogP) is 4.75. The number of nitrogens with one attached hydrogen (secondary N) is 2. The van der Waals surface area contributed by atoms with Gasteiger partial charge in [-0.05, 0) is 68.8 Å². The maximum Gasteiger partial charge on any atom is 0.306 e. The van der Waals surface area contributed by atoms with Gasteiger partial charge in [0, 0.05) is 43.7 Å². The Morgan fingerprint density at radius 3 is 2.36 bits per heavy atom. The van der Waals surface area contributed by atoms with Crippen molar-refractivity contribution < 1.29 is 29.0 Å². The lowest BCUT2D eigenvalue weighted by Gasteiger charge is -2.38. The summed E-state index contributed by atoms with van der Waals surface area (Å²) in [5.74, 6) is -2.23. The Hall–Kier alpha value is -3.55. The molecule has 12 nitrogen and oxygen atoms in total. The highest BCUT2D eigenvalue weighted by atomic mass is 32.1. The third-order valence-corrected chi connectivity index (χ3v) is 11.0. The first-order valence-electron chi connectivity index (χ1n) is 17.8. The number of hydrogen-bond donors (Lipinski definition) is 4. The number of aliphatic carboxylic acids is 1. The van der Waals surface area contributed by atoms with Crippen LogP contribution in [0.3, 0.4) is 0 Å². The lowest BCUT2D eigenvalue weighted by Crippen LogP contribution is -2.58. The molecule has 1 aliphatic heterocycles. The van der Waals surface area contributed by atoms with Crippen LogP contribution < -0.4 is 16.4 Å².